The van der Waals surface area contributed by atoms with E-state index >= 15 is 0 Å². The highest BCUT2D eigenvalue weighted by Gasteiger charge is 2.10. The molecule has 0 rings (SSSR count). The van der Waals surface area contributed by atoms with Gasteiger partial charge in [-0.3, -0.25) is 4.52 Å². The first-order valence-electron chi connectivity index (χ1n) is 1.76. The highest BCUT2D eigenvalue weighted by atomic mass is 31.2. The van der Waals surface area contributed by atoms with Crippen molar-refractivity contribution in [3.8, 4) is 0 Å². The maximum atomic E-state index is 9.70. The summed E-state index contributed by atoms with van der Waals surface area (Å²) in [7, 11) is -4.17. The minimum Gasteiger partial charge on any atom is -0.303 e. The fourth-order valence-electron chi connectivity index (χ4n) is 0.168. The van der Waals surface area contributed by atoms with E-state index in [2.05, 4.69) is 4.52 Å². The molecule has 0 fully saturated rings. The summed E-state index contributed by atoms with van der Waals surface area (Å²) >= 11 is 0. The van der Waals surface area contributed by atoms with Crippen molar-refractivity contribution in [1.82, 2.24) is 0 Å². The molecule has 0 aromatic carbocycles. The van der Waals surface area contributed by atoms with E-state index in [0.29, 0.717) is 0 Å². The van der Waals surface area contributed by atoms with Crippen LogP contribution in [0.1, 0.15) is 6.92 Å². The van der Waals surface area contributed by atoms with Crippen LogP contribution in [0.4, 0.5) is 0 Å². The molecule has 4 nitrogen and oxygen atoms in total. The van der Waals surface area contributed by atoms with E-state index in [4.69, 9.17) is 9.79 Å². The van der Waals surface area contributed by atoms with Gasteiger partial charge in [-0.05, 0) is 6.92 Å². The second-order valence-electron chi connectivity index (χ2n) is 0.908. The van der Waals surface area contributed by atoms with Crippen molar-refractivity contribution in [3.05, 3.63) is 0 Å². The van der Waals surface area contributed by atoms with Gasteiger partial charge in [0.15, 0.2) is 0 Å². The second-order valence-corrected chi connectivity index (χ2v) is 2.15. The van der Waals surface area contributed by atoms with Crippen LogP contribution in [-0.2, 0) is 9.09 Å². The Bertz CT molecular complexity index is 83.7. The van der Waals surface area contributed by atoms with Crippen molar-refractivity contribution < 1.29 is 18.9 Å². The van der Waals surface area contributed by atoms with Crippen molar-refractivity contribution in [3.63, 3.8) is 0 Å². The van der Waals surface area contributed by atoms with E-state index in [1.54, 1.807) is 0 Å². The molecule has 0 aliphatic heterocycles. The van der Waals surface area contributed by atoms with Crippen molar-refractivity contribution >= 4 is 7.82 Å². The second kappa shape index (κ2) is 2.43. The molecule has 0 radical (unpaired) electrons. The Morgan fingerprint density at radius 1 is 1.71 bits per heavy atom. The van der Waals surface area contributed by atoms with E-state index in [1.165, 1.54) is 6.92 Å². The van der Waals surface area contributed by atoms with Gasteiger partial charge in [0.05, 0.1) is 6.61 Å². The van der Waals surface area contributed by atoms with E-state index in [9.17, 15) is 4.57 Å². The lowest BCUT2D eigenvalue weighted by atomic mass is 10.9. The van der Waals surface area contributed by atoms with Gasteiger partial charge in [0.25, 0.3) is 0 Å². The van der Waals surface area contributed by atoms with Crippen LogP contribution in [-0.4, -0.2) is 16.4 Å². The average Bonchev–Trinajstić information content (AvgIpc) is 1.30. The van der Waals surface area contributed by atoms with E-state index in [-0.39, 0.29) is 6.61 Å². The van der Waals surface area contributed by atoms with Gasteiger partial charge in [0.1, 0.15) is 0 Å². The van der Waals surface area contributed by atoms with Crippen molar-refractivity contribution in [2.24, 2.45) is 0 Å². The van der Waals surface area contributed by atoms with Crippen LogP contribution in [0.3, 0.4) is 0 Å². The van der Waals surface area contributed by atoms with Gasteiger partial charge in [-0.1, -0.05) is 0 Å². The van der Waals surface area contributed by atoms with Crippen LogP contribution < -0.4 is 0 Å². The van der Waals surface area contributed by atoms with Crippen LogP contribution in [0.5, 0.6) is 0 Å². The van der Waals surface area contributed by atoms with Crippen LogP contribution in [0.2, 0.25) is 0 Å². The molecule has 0 atom stereocenters. The molecule has 0 aliphatic carbocycles. The van der Waals surface area contributed by atoms with Crippen LogP contribution in [0.25, 0.3) is 0 Å². The Kier molecular flexibility index (Phi) is 2.46. The van der Waals surface area contributed by atoms with Gasteiger partial charge in [-0.2, -0.15) is 0 Å². The normalized spacial score (nSPS) is 11.9. The average molecular weight is 128 g/mol. The molecule has 0 spiro atoms. The number of hydrogen-bond donors (Lipinski definition) is 2. The minimum atomic E-state index is -4.17. The standard InChI is InChI=1S/C2H7O4P/c1-2-6-7(3,4)5/h2H2,1H3,(H2,3,4,5)/i6+2. The van der Waals surface area contributed by atoms with Crippen LogP contribution in [0.15, 0.2) is 0 Å². The predicted octanol–water partition coefficient (Wildman–Crippen LogP) is 0.116. The maximum Gasteiger partial charge on any atom is 0.469 e. The zero-order valence-corrected chi connectivity index (χ0v) is 4.76. The minimum absolute atomic E-state index is 0.0459. The molecule has 2 N–H and O–H groups in total. The molecule has 0 heterocycles. The monoisotopic (exact) mass is 128 g/mol. The van der Waals surface area contributed by atoms with Gasteiger partial charge in [0.2, 0.25) is 0 Å². The fourth-order valence-corrected chi connectivity index (χ4v) is 0.505. The molecular formula is C2H7O4P. The number of hydrogen-bond acceptors (Lipinski definition) is 2. The maximum absolute atomic E-state index is 9.70. The summed E-state index contributed by atoms with van der Waals surface area (Å²) in [5, 5.41) is 0. The van der Waals surface area contributed by atoms with Gasteiger partial charge in [-0.25, -0.2) is 4.57 Å². The molecule has 0 saturated heterocycles. The summed E-state index contributed by atoms with van der Waals surface area (Å²) < 4.78 is 13.6. The van der Waals surface area contributed by atoms with E-state index < -0.39 is 7.82 Å². The van der Waals surface area contributed by atoms with Crippen LogP contribution >= 0.6 is 7.82 Å². The molecule has 0 aromatic rings. The van der Waals surface area contributed by atoms with E-state index in [0.717, 1.165) is 0 Å². The lowest BCUT2D eigenvalue weighted by molar-refractivity contribution is 0.206. The lowest BCUT2D eigenvalue weighted by Crippen LogP contribution is -1.84. The predicted molar refractivity (Wildman–Crippen MR) is 23.7 cm³/mol. The molecule has 0 aromatic heterocycles. The summed E-state index contributed by atoms with van der Waals surface area (Å²) in [6.45, 7) is 1.56. The molecule has 44 valence electrons. The zero-order chi connectivity index (χ0) is 5.91. The Morgan fingerprint density at radius 2 is 2.14 bits per heavy atom. The number of phosphoric acid groups is 1. The third-order valence-corrected chi connectivity index (χ3v) is 0.892. The fraction of sp³-hybridized carbons (Fsp3) is 1.00. The van der Waals surface area contributed by atoms with Gasteiger partial charge in [0, 0.05) is 0 Å². The Hall–Kier alpha value is 0.110. The highest BCUT2D eigenvalue weighted by Crippen LogP contribution is 2.34. The molecule has 0 bridgehead atoms. The highest BCUT2D eigenvalue weighted by molar-refractivity contribution is 7.46. The van der Waals surface area contributed by atoms with Gasteiger partial charge in [-0.15, -0.1) is 0 Å². The first-order valence-corrected chi connectivity index (χ1v) is 3.29. The molecular weight excluding hydrogens is 121 g/mol. The van der Waals surface area contributed by atoms with Gasteiger partial charge >= 0.3 is 7.82 Å². The van der Waals surface area contributed by atoms with Crippen molar-refractivity contribution in [1.29, 1.82) is 0 Å². The largest absolute Gasteiger partial charge is 0.469 e. The Balaban J connectivity index is 3.36. The SMILES string of the molecule is CC[18O]P(=O)(O)O. The summed E-state index contributed by atoms with van der Waals surface area (Å²) in [4.78, 5) is 15.8. The first-order chi connectivity index (χ1) is 3.06. The van der Waals surface area contributed by atoms with Crippen LogP contribution in [0, 0.1) is 0 Å². The Labute approximate surface area is 41.4 Å². The van der Waals surface area contributed by atoms with E-state index in [1.807, 2.05) is 0 Å². The summed E-state index contributed by atoms with van der Waals surface area (Å²) in [6, 6.07) is 0. The number of rotatable bonds is 2. The number of phosphoric ester groups is 1. The lowest BCUT2D eigenvalue weighted by Gasteiger charge is -1.98. The summed E-state index contributed by atoms with van der Waals surface area (Å²) in [5.41, 5.74) is 0. The van der Waals surface area contributed by atoms with Gasteiger partial charge < -0.3 is 9.79 Å². The molecule has 5 heteroatoms. The molecule has 0 saturated carbocycles. The quantitative estimate of drug-likeness (QED) is 0.409. The molecule has 0 aliphatic rings. The zero-order valence-electron chi connectivity index (χ0n) is 3.87. The smallest absolute Gasteiger partial charge is 0.303 e. The third-order valence-electron chi connectivity index (χ3n) is 0.297. The summed E-state index contributed by atoms with van der Waals surface area (Å²) in [5.74, 6) is 0. The van der Waals surface area contributed by atoms with Crippen molar-refractivity contribution in [2.45, 2.75) is 6.92 Å². The Morgan fingerprint density at radius 3 is 2.14 bits per heavy atom. The molecule has 0 amide bonds. The first kappa shape index (κ1) is 7.11. The third kappa shape index (κ3) is 6.11. The molecule has 0 unspecified atom stereocenters. The molecule has 7 heavy (non-hydrogen) atoms. The topological polar surface area (TPSA) is 66.8 Å². The summed E-state index contributed by atoms with van der Waals surface area (Å²) in [6.07, 6.45) is 0. The van der Waals surface area contributed by atoms with Crippen molar-refractivity contribution in [2.75, 3.05) is 6.61 Å².